The maximum absolute atomic E-state index is 11.7. The molecule has 2 heterocycles. The van der Waals surface area contributed by atoms with E-state index in [1.165, 1.54) is 19.3 Å². The Bertz CT molecular complexity index is 674. The second kappa shape index (κ2) is 5.06. The van der Waals surface area contributed by atoms with Crippen LogP contribution in [-0.2, 0) is 0 Å². The van der Waals surface area contributed by atoms with Gasteiger partial charge in [-0.2, -0.15) is 0 Å². The summed E-state index contributed by atoms with van der Waals surface area (Å²) in [5.41, 5.74) is 7.77. The Labute approximate surface area is 124 Å². The second-order valence-corrected chi connectivity index (χ2v) is 6.58. The molecule has 0 saturated heterocycles. The Morgan fingerprint density at radius 1 is 1.48 bits per heavy atom. The van der Waals surface area contributed by atoms with Crippen LogP contribution in [0.5, 0.6) is 0 Å². The SMILES string of the molecule is CC1(C)CCCCC1Nc1c(C(N)=O)cnc2[nH]ccc12. The highest BCUT2D eigenvalue weighted by atomic mass is 16.1. The van der Waals surface area contributed by atoms with E-state index < -0.39 is 5.91 Å². The van der Waals surface area contributed by atoms with Gasteiger partial charge in [-0.1, -0.05) is 26.7 Å². The summed E-state index contributed by atoms with van der Waals surface area (Å²) < 4.78 is 0. The molecule has 0 radical (unpaired) electrons. The van der Waals surface area contributed by atoms with Crippen molar-refractivity contribution >= 4 is 22.6 Å². The molecule has 1 fully saturated rings. The van der Waals surface area contributed by atoms with Crippen LogP contribution in [0.3, 0.4) is 0 Å². The van der Waals surface area contributed by atoms with E-state index in [1.807, 2.05) is 12.3 Å². The van der Waals surface area contributed by atoms with Gasteiger partial charge in [0.25, 0.3) is 5.91 Å². The van der Waals surface area contributed by atoms with Crippen LogP contribution >= 0.6 is 0 Å². The molecule has 3 rings (SSSR count). The first-order valence-corrected chi connectivity index (χ1v) is 7.51. The number of carbonyl (C=O) groups is 1. The number of hydrogen-bond donors (Lipinski definition) is 3. The molecular formula is C16H22N4O. The second-order valence-electron chi connectivity index (χ2n) is 6.58. The zero-order valence-electron chi connectivity index (χ0n) is 12.6. The number of primary amides is 1. The van der Waals surface area contributed by atoms with Crippen molar-refractivity contribution in [2.75, 3.05) is 5.32 Å². The lowest BCUT2D eigenvalue weighted by Crippen LogP contribution is -2.39. The molecule has 1 amide bonds. The number of rotatable bonds is 3. The molecule has 2 aromatic rings. The van der Waals surface area contributed by atoms with Crippen molar-refractivity contribution in [1.82, 2.24) is 9.97 Å². The lowest BCUT2D eigenvalue weighted by atomic mass is 9.73. The van der Waals surface area contributed by atoms with Crippen LogP contribution in [0.1, 0.15) is 49.9 Å². The molecule has 5 nitrogen and oxygen atoms in total. The highest BCUT2D eigenvalue weighted by Gasteiger charge is 2.33. The minimum absolute atomic E-state index is 0.207. The number of nitrogens with two attached hydrogens (primary N) is 1. The van der Waals surface area contributed by atoms with Gasteiger partial charge in [-0.15, -0.1) is 0 Å². The standard InChI is InChI=1S/C16H22N4O/c1-16(2)7-4-3-5-12(16)20-13-10-6-8-18-15(10)19-9-11(13)14(17)21/h6,8-9,12H,3-5,7H2,1-2H3,(H2,17,21)(H2,18,19,20). The zero-order valence-corrected chi connectivity index (χ0v) is 12.6. The van der Waals surface area contributed by atoms with Gasteiger partial charge in [0.05, 0.1) is 11.3 Å². The number of pyridine rings is 1. The Kier molecular flexibility index (Phi) is 3.35. The summed E-state index contributed by atoms with van der Waals surface area (Å²) in [5.74, 6) is -0.443. The maximum Gasteiger partial charge on any atom is 0.252 e. The molecule has 0 bridgehead atoms. The number of nitrogens with one attached hydrogen (secondary N) is 2. The van der Waals surface area contributed by atoms with Gasteiger partial charge in [-0.05, 0) is 24.3 Å². The minimum atomic E-state index is -0.443. The first kappa shape index (κ1) is 13.9. The van der Waals surface area contributed by atoms with E-state index >= 15 is 0 Å². The number of hydrogen-bond acceptors (Lipinski definition) is 3. The summed E-state index contributed by atoms with van der Waals surface area (Å²) in [6, 6.07) is 2.28. The predicted octanol–water partition coefficient (Wildman–Crippen LogP) is 3.04. The van der Waals surface area contributed by atoms with Crippen LogP contribution < -0.4 is 11.1 Å². The van der Waals surface area contributed by atoms with E-state index in [9.17, 15) is 4.79 Å². The molecule has 4 N–H and O–H groups in total. The molecule has 1 saturated carbocycles. The molecular weight excluding hydrogens is 264 g/mol. The quantitative estimate of drug-likeness (QED) is 0.811. The van der Waals surface area contributed by atoms with Crippen LogP contribution in [0, 0.1) is 5.41 Å². The van der Waals surface area contributed by atoms with Crippen LogP contribution in [0.2, 0.25) is 0 Å². The molecule has 5 heteroatoms. The minimum Gasteiger partial charge on any atom is -0.380 e. The number of aromatic amines is 1. The monoisotopic (exact) mass is 286 g/mol. The highest BCUT2D eigenvalue weighted by molar-refractivity contribution is 6.05. The van der Waals surface area contributed by atoms with Crippen LogP contribution in [0.15, 0.2) is 18.5 Å². The van der Waals surface area contributed by atoms with Gasteiger partial charge < -0.3 is 16.0 Å². The fourth-order valence-corrected chi connectivity index (χ4v) is 3.29. The largest absolute Gasteiger partial charge is 0.380 e. The smallest absolute Gasteiger partial charge is 0.252 e. The number of anilines is 1. The maximum atomic E-state index is 11.7. The van der Waals surface area contributed by atoms with Crippen LogP contribution in [-0.4, -0.2) is 21.9 Å². The van der Waals surface area contributed by atoms with Crippen molar-refractivity contribution in [3.05, 3.63) is 24.0 Å². The van der Waals surface area contributed by atoms with Gasteiger partial charge >= 0.3 is 0 Å². The first-order chi connectivity index (χ1) is 9.99. The van der Waals surface area contributed by atoms with E-state index in [0.29, 0.717) is 11.6 Å². The third kappa shape index (κ3) is 2.48. The number of nitrogens with zero attached hydrogens (tertiary/aromatic N) is 1. The lowest BCUT2D eigenvalue weighted by Gasteiger charge is -2.40. The Morgan fingerprint density at radius 3 is 3.00 bits per heavy atom. The first-order valence-electron chi connectivity index (χ1n) is 7.51. The highest BCUT2D eigenvalue weighted by Crippen LogP contribution is 2.38. The van der Waals surface area contributed by atoms with Gasteiger partial charge in [0.1, 0.15) is 5.65 Å². The van der Waals surface area contributed by atoms with Crippen LogP contribution in [0.4, 0.5) is 5.69 Å². The summed E-state index contributed by atoms with van der Waals surface area (Å²) in [6.45, 7) is 4.56. The Balaban J connectivity index is 2.04. The van der Waals surface area contributed by atoms with Crippen molar-refractivity contribution < 1.29 is 4.79 Å². The molecule has 21 heavy (non-hydrogen) atoms. The van der Waals surface area contributed by atoms with E-state index in [4.69, 9.17) is 5.73 Å². The topological polar surface area (TPSA) is 83.8 Å². The van der Waals surface area contributed by atoms with Gasteiger partial charge in [-0.25, -0.2) is 4.98 Å². The lowest BCUT2D eigenvalue weighted by molar-refractivity contribution is 0.100. The zero-order chi connectivity index (χ0) is 15.0. The molecule has 2 aromatic heterocycles. The van der Waals surface area contributed by atoms with Crippen molar-refractivity contribution in [3.63, 3.8) is 0 Å². The average Bonchev–Trinajstić information content (AvgIpc) is 2.89. The number of aromatic nitrogens is 2. The van der Waals surface area contributed by atoms with Crippen molar-refractivity contribution in [2.45, 2.75) is 45.6 Å². The summed E-state index contributed by atoms with van der Waals surface area (Å²) in [6.07, 6.45) is 8.18. The van der Waals surface area contributed by atoms with Gasteiger partial charge in [-0.3, -0.25) is 4.79 Å². The Hall–Kier alpha value is -2.04. The third-order valence-corrected chi connectivity index (χ3v) is 4.68. The van der Waals surface area contributed by atoms with Gasteiger partial charge in [0.2, 0.25) is 0 Å². The predicted molar refractivity (Wildman–Crippen MR) is 84.3 cm³/mol. The summed E-state index contributed by atoms with van der Waals surface area (Å²) in [7, 11) is 0. The molecule has 1 atom stereocenters. The number of amides is 1. The molecule has 1 aliphatic carbocycles. The van der Waals surface area contributed by atoms with E-state index in [2.05, 4.69) is 29.1 Å². The third-order valence-electron chi connectivity index (χ3n) is 4.68. The van der Waals surface area contributed by atoms with E-state index in [1.54, 1.807) is 6.20 Å². The summed E-state index contributed by atoms with van der Waals surface area (Å²) in [5, 5.41) is 4.51. The Morgan fingerprint density at radius 2 is 2.29 bits per heavy atom. The molecule has 1 unspecified atom stereocenters. The fourth-order valence-electron chi connectivity index (χ4n) is 3.29. The number of carbonyl (C=O) groups excluding carboxylic acids is 1. The van der Waals surface area contributed by atoms with Crippen molar-refractivity contribution in [3.8, 4) is 0 Å². The van der Waals surface area contributed by atoms with E-state index in [0.717, 1.165) is 23.1 Å². The van der Waals surface area contributed by atoms with Crippen molar-refractivity contribution in [2.24, 2.45) is 11.1 Å². The number of fused-ring (bicyclic) bond motifs is 1. The molecule has 0 aliphatic heterocycles. The molecule has 112 valence electrons. The summed E-state index contributed by atoms with van der Waals surface area (Å²) in [4.78, 5) is 19.1. The molecule has 0 aromatic carbocycles. The van der Waals surface area contributed by atoms with Crippen molar-refractivity contribution in [1.29, 1.82) is 0 Å². The molecule has 1 aliphatic rings. The van der Waals surface area contributed by atoms with Crippen LogP contribution in [0.25, 0.3) is 11.0 Å². The van der Waals surface area contributed by atoms with Gasteiger partial charge in [0, 0.05) is 23.8 Å². The number of H-pyrrole nitrogens is 1. The normalized spacial score (nSPS) is 21.3. The molecule has 0 spiro atoms. The average molecular weight is 286 g/mol. The van der Waals surface area contributed by atoms with E-state index in [-0.39, 0.29) is 5.41 Å². The van der Waals surface area contributed by atoms with Gasteiger partial charge in [0.15, 0.2) is 0 Å². The fraction of sp³-hybridized carbons (Fsp3) is 0.500. The summed E-state index contributed by atoms with van der Waals surface area (Å²) >= 11 is 0.